The summed E-state index contributed by atoms with van der Waals surface area (Å²) in [6.45, 7) is 4.06. The van der Waals surface area contributed by atoms with Crippen molar-refractivity contribution in [2.24, 2.45) is 0 Å². The quantitative estimate of drug-likeness (QED) is 0.790. The average Bonchev–Trinajstić information content (AvgIpc) is 2.18. The van der Waals surface area contributed by atoms with Gasteiger partial charge in [0.25, 0.3) is 0 Å². The van der Waals surface area contributed by atoms with E-state index in [-0.39, 0.29) is 5.60 Å². The smallest absolute Gasteiger partial charge is 0.147 e. The fourth-order valence-electron chi connectivity index (χ4n) is 1.18. The first-order valence-electron chi connectivity index (χ1n) is 4.62. The third kappa shape index (κ3) is 2.67. The molecule has 78 valence electrons. The number of rotatable bonds is 4. The Hall–Kier alpha value is -1.16. The van der Waals surface area contributed by atoms with Gasteiger partial charge in [-0.3, -0.25) is 4.98 Å². The normalized spacial score (nSPS) is 11.4. The van der Waals surface area contributed by atoms with Gasteiger partial charge >= 0.3 is 0 Å². The second-order valence-corrected chi connectivity index (χ2v) is 3.74. The second kappa shape index (κ2) is 4.37. The molecule has 1 heterocycles. The molecule has 0 atom stereocenters. The number of anilines is 1. The number of aromatic nitrogens is 2. The zero-order chi connectivity index (χ0) is 10.6. The zero-order valence-corrected chi connectivity index (χ0v) is 9.16. The van der Waals surface area contributed by atoms with Gasteiger partial charge in [0.15, 0.2) is 0 Å². The summed E-state index contributed by atoms with van der Waals surface area (Å²) in [5.74, 6) is 0.817. The molecule has 0 saturated heterocycles. The Bertz CT molecular complexity index is 299. The van der Waals surface area contributed by atoms with Crippen LogP contribution in [-0.4, -0.2) is 29.7 Å². The predicted octanol–water partition coefficient (Wildman–Crippen LogP) is 1.49. The summed E-state index contributed by atoms with van der Waals surface area (Å²) < 4.78 is 5.35. The average molecular weight is 195 g/mol. The number of methoxy groups -OCH3 is 1. The molecule has 0 bridgehead atoms. The van der Waals surface area contributed by atoms with Gasteiger partial charge in [-0.2, -0.15) is 0 Å². The second-order valence-electron chi connectivity index (χ2n) is 3.74. The van der Waals surface area contributed by atoms with E-state index in [1.54, 1.807) is 19.5 Å². The van der Waals surface area contributed by atoms with Gasteiger partial charge in [-0.05, 0) is 13.8 Å². The highest BCUT2D eigenvalue weighted by molar-refractivity contribution is 5.39. The lowest BCUT2D eigenvalue weighted by Crippen LogP contribution is -2.26. The molecule has 0 aromatic carbocycles. The molecule has 0 aliphatic heterocycles. The fourth-order valence-corrected chi connectivity index (χ4v) is 1.18. The Morgan fingerprint density at radius 2 is 2.00 bits per heavy atom. The van der Waals surface area contributed by atoms with Gasteiger partial charge in [0, 0.05) is 33.0 Å². The first kappa shape index (κ1) is 10.9. The van der Waals surface area contributed by atoms with Gasteiger partial charge in [-0.25, -0.2) is 4.98 Å². The Kier molecular flexibility index (Phi) is 3.41. The minimum Gasteiger partial charge on any atom is -0.378 e. The summed E-state index contributed by atoms with van der Waals surface area (Å²) in [4.78, 5) is 8.46. The molecule has 0 aliphatic carbocycles. The van der Waals surface area contributed by atoms with E-state index in [1.165, 1.54) is 0 Å². The van der Waals surface area contributed by atoms with Crippen LogP contribution in [0.3, 0.4) is 0 Å². The van der Waals surface area contributed by atoms with Crippen molar-refractivity contribution < 1.29 is 4.74 Å². The monoisotopic (exact) mass is 195 g/mol. The maximum absolute atomic E-state index is 5.35. The maximum Gasteiger partial charge on any atom is 0.147 e. The maximum atomic E-state index is 5.35. The summed E-state index contributed by atoms with van der Waals surface area (Å²) in [6.07, 6.45) is 4.12. The van der Waals surface area contributed by atoms with Gasteiger partial charge in [-0.15, -0.1) is 0 Å². The largest absolute Gasteiger partial charge is 0.378 e. The Balaban J connectivity index is 2.85. The van der Waals surface area contributed by atoms with E-state index in [2.05, 4.69) is 15.3 Å². The third-order valence-corrected chi connectivity index (χ3v) is 2.16. The van der Waals surface area contributed by atoms with E-state index in [4.69, 9.17) is 4.74 Å². The van der Waals surface area contributed by atoms with E-state index in [1.807, 2.05) is 20.9 Å². The number of nitrogens with one attached hydrogen (secondary N) is 1. The molecule has 4 nitrogen and oxygen atoms in total. The molecule has 4 heteroatoms. The minimum absolute atomic E-state index is 0.207. The summed E-state index contributed by atoms with van der Waals surface area (Å²) in [6, 6.07) is 0. The van der Waals surface area contributed by atoms with Crippen molar-refractivity contribution in [3.63, 3.8) is 0 Å². The van der Waals surface area contributed by atoms with Crippen LogP contribution in [-0.2, 0) is 11.2 Å². The van der Waals surface area contributed by atoms with E-state index in [0.717, 1.165) is 17.9 Å². The van der Waals surface area contributed by atoms with E-state index in [0.29, 0.717) is 0 Å². The van der Waals surface area contributed by atoms with Crippen molar-refractivity contribution in [1.82, 2.24) is 9.97 Å². The number of hydrogen-bond acceptors (Lipinski definition) is 4. The molecular formula is C10H17N3O. The van der Waals surface area contributed by atoms with E-state index >= 15 is 0 Å². The molecular weight excluding hydrogens is 178 g/mol. The molecule has 0 spiro atoms. The van der Waals surface area contributed by atoms with Crippen LogP contribution >= 0.6 is 0 Å². The zero-order valence-electron chi connectivity index (χ0n) is 9.16. The topological polar surface area (TPSA) is 47.0 Å². The summed E-state index contributed by atoms with van der Waals surface area (Å²) in [7, 11) is 3.54. The molecule has 0 saturated carbocycles. The van der Waals surface area contributed by atoms with Crippen LogP contribution in [0.5, 0.6) is 0 Å². The number of ether oxygens (including phenoxy) is 1. The first-order chi connectivity index (χ1) is 6.59. The van der Waals surface area contributed by atoms with Crippen LogP contribution in [0.2, 0.25) is 0 Å². The van der Waals surface area contributed by atoms with Crippen molar-refractivity contribution in [3.8, 4) is 0 Å². The molecule has 1 aromatic heterocycles. The van der Waals surface area contributed by atoms with Crippen molar-refractivity contribution >= 4 is 5.82 Å². The molecule has 0 fully saturated rings. The van der Waals surface area contributed by atoms with Crippen molar-refractivity contribution in [2.45, 2.75) is 25.9 Å². The number of hydrogen-bond donors (Lipinski definition) is 1. The fraction of sp³-hybridized carbons (Fsp3) is 0.600. The van der Waals surface area contributed by atoms with Gasteiger partial charge in [0.1, 0.15) is 5.82 Å². The van der Waals surface area contributed by atoms with E-state index in [9.17, 15) is 0 Å². The molecule has 1 rings (SSSR count). The minimum atomic E-state index is -0.207. The molecule has 0 unspecified atom stereocenters. The highest BCUT2D eigenvalue weighted by Crippen LogP contribution is 2.18. The predicted molar refractivity (Wildman–Crippen MR) is 56.4 cm³/mol. The van der Waals surface area contributed by atoms with Crippen LogP contribution in [0.25, 0.3) is 0 Å². The van der Waals surface area contributed by atoms with Crippen molar-refractivity contribution in [3.05, 3.63) is 18.1 Å². The molecule has 0 radical (unpaired) electrons. The number of nitrogens with zero attached hydrogens (tertiary/aromatic N) is 2. The third-order valence-electron chi connectivity index (χ3n) is 2.16. The SMILES string of the molecule is CNc1nccnc1CC(C)(C)OC. The molecule has 0 amide bonds. The highest BCUT2D eigenvalue weighted by Gasteiger charge is 2.19. The lowest BCUT2D eigenvalue weighted by Gasteiger charge is -2.22. The molecule has 1 aromatic rings. The summed E-state index contributed by atoms with van der Waals surface area (Å²) in [5, 5.41) is 3.01. The van der Waals surface area contributed by atoms with Crippen LogP contribution < -0.4 is 5.32 Å². The van der Waals surface area contributed by atoms with Gasteiger partial charge in [0.05, 0.1) is 11.3 Å². The molecule has 1 N–H and O–H groups in total. The van der Waals surface area contributed by atoms with Crippen molar-refractivity contribution in [2.75, 3.05) is 19.5 Å². The standard InChI is InChI=1S/C10H17N3O/c1-10(2,14-4)7-8-9(11-3)13-6-5-12-8/h5-6H,7H2,1-4H3,(H,11,13). The lowest BCUT2D eigenvalue weighted by molar-refractivity contribution is 0.0225. The van der Waals surface area contributed by atoms with E-state index < -0.39 is 0 Å². The van der Waals surface area contributed by atoms with Crippen molar-refractivity contribution in [1.29, 1.82) is 0 Å². The molecule has 0 aliphatic rings. The molecule has 14 heavy (non-hydrogen) atoms. The van der Waals surface area contributed by atoms with Crippen LogP contribution in [0.4, 0.5) is 5.82 Å². The van der Waals surface area contributed by atoms with Gasteiger partial charge in [0.2, 0.25) is 0 Å². The highest BCUT2D eigenvalue weighted by atomic mass is 16.5. The summed E-state index contributed by atoms with van der Waals surface area (Å²) in [5.41, 5.74) is 0.726. The lowest BCUT2D eigenvalue weighted by atomic mass is 10.0. The Labute approximate surface area is 84.7 Å². The van der Waals surface area contributed by atoms with Crippen LogP contribution in [0, 0.1) is 0 Å². The Morgan fingerprint density at radius 3 is 2.57 bits per heavy atom. The Morgan fingerprint density at radius 1 is 1.36 bits per heavy atom. The van der Waals surface area contributed by atoms with Gasteiger partial charge in [-0.1, -0.05) is 0 Å². The first-order valence-corrected chi connectivity index (χ1v) is 4.62. The van der Waals surface area contributed by atoms with Gasteiger partial charge < -0.3 is 10.1 Å². The van der Waals surface area contributed by atoms with Crippen LogP contribution in [0.15, 0.2) is 12.4 Å². The van der Waals surface area contributed by atoms with Crippen LogP contribution in [0.1, 0.15) is 19.5 Å². The summed E-state index contributed by atoms with van der Waals surface area (Å²) >= 11 is 0.